The minimum absolute atomic E-state index is 0.372. The van der Waals surface area contributed by atoms with Gasteiger partial charge in [0.15, 0.2) is 5.75 Å². The zero-order valence-corrected chi connectivity index (χ0v) is 13.1. The van der Waals surface area contributed by atoms with Crippen LogP contribution in [0.4, 0.5) is 0 Å². The molecule has 2 aromatic heterocycles. The van der Waals surface area contributed by atoms with Crippen LogP contribution in [0.1, 0.15) is 0 Å². The number of aromatic nitrogens is 2. The molecule has 0 unspecified atom stereocenters. The topological polar surface area (TPSA) is 35.0 Å². The van der Waals surface area contributed by atoms with Crippen LogP contribution in [0.25, 0.3) is 11.0 Å². The minimum Gasteiger partial charge on any atom is -0.453 e. The number of nitrogens with zero attached hydrogens (tertiary/aromatic N) is 2. The van der Waals surface area contributed by atoms with E-state index in [0.717, 1.165) is 9.99 Å². The van der Waals surface area contributed by atoms with Crippen LogP contribution in [0.3, 0.4) is 0 Å². The molecule has 0 saturated heterocycles. The molecule has 0 aliphatic carbocycles. The first-order valence-corrected chi connectivity index (χ1v) is 7.22. The number of benzene rings is 1. The van der Waals surface area contributed by atoms with Crippen LogP contribution in [0.5, 0.6) is 11.5 Å². The van der Waals surface area contributed by atoms with Gasteiger partial charge in [0.2, 0.25) is 0 Å². The van der Waals surface area contributed by atoms with Crippen LogP contribution in [0, 0.1) is 0 Å². The summed E-state index contributed by atoms with van der Waals surface area (Å²) in [6.07, 6.45) is 3.35. The minimum atomic E-state index is 0.372. The van der Waals surface area contributed by atoms with Gasteiger partial charge in [-0.3, -0.25) is 4.98 Å². The molecule has 3 rings (SSSR count). The van der Waals surface area contributed by atoms with Crippen molar-refractivity contribution in [3.05, 3.63) is 57.2 Å². The number of fused-ring (bicyclic) bond motifs is 1. The van der Waals surface area contributed by atoms with E-state index in [1.54, 1.807) is 36.7 Å². The number of rotatable bonds is 2. The highest BCUT2D eigenvalue weighted by atomic mass is 79.9. The molecule has 2 heterocycles. The van der Waals surface area contributed by atoms with Crippen molar-refractivity contribution < 1.29 is 4.74 Å². The van der Waals surface area contributed by atoms with Crippen molar-refractivity contribution in [2.45, 2.75) is 0 Å². The van der Waals surface area contributed by atoms with Crippen LogP contribution in [0.2, 0.25) is 10.0 Å². The van der Waals surface area contributed by atoms with E-state index >= 15 is 0 Å². The zero-order valence-electron chi connectivity index (χ0n) is 9.98. The standard InChI is InChI=1S/C14H7BrCl2N2O/c15-8-6-10-14(19-7-8)12(4-5-18-10)20-11-3-1-2-9(16)13(11)17/h1-7H. The normalized spacial score (nSPS) is 10.8. The lowest BCUT2D eigenvalue weighted by Crippen LogP contribution is -1.91. The average molecular weight is 370 g/mol. The number of halogens is 3. The van der Waals surface area contributed by atoms with Gasteiger partial charge in [0.25, 0.3) is 0 Å². The second-order valence-corrected chi connectivity index (χ2v) is 5.69. The summed E-state index contributed by atoms with van der Waals surface area (Å²) in [5.74, 6) is 1.06. The molecule has 0 bridgehead atoms. The second-order valence-electron chi connectivity index (χ2n) is 3.98. The molecule has 20 heavy (non-hydrogen) atoms. The SMILES string of the molecule is Clc1cccc(Oc2ccnc3cc(Br)cnc23)c1Cl. The molecule has 0 aliphatic heterocycles. The summed E-state index contributed by atoms with van der Waals surface area (Å²) in [7, 11) is 0. The summed E-state index contributed by atoms with van der Waals surface area (Å²) in [4.78, 5) is 8.57. The smallest absolute Gasteiger partial charge is 0.156 e. The fourth-order valence-electron chi connectivity index (χ4n) is 1.74. The Balaban J connectivity index is 2.09. The monoisotopic (exact) mass is 368 g/mol. The summed E-state index contributed by atoms with van der Waals surface area (Å²) in [5.41, 5.74) is 1.39. The average Bonchev–Trinajstić information content (AvgIpc) is 2.44. The molecule has 1 aromatic carbocycles. The number of hydrogen-bond donors (Lipinski definition) is 0. The van der Waals surface area contributed by atoms with Crippen LogP contribution < -0.4 is 4.74 Å². The first-order valence-electron chi connectivity index (χ1n) is 5.67. The lowest BCUT2D eigenvalue weighted by molar-refractivity contribution is 0.487. The Morgan fingerprint density at radius 2 is 1.90 bits per heavy atom. The molecular weight excluding hydrogens is 363 g/mol. The Bertz CT molecular complexity index is 795. The third-order valence-corrected chi connectivity index (χ3v) is 3.88. The highest BCUT2D eigenvalue weighted by molar-refractivity contribution is 9.10. The molecule has 0 N–H and O–H groups in total. The molecule has 0 saturated carbocycles. The van der Waals surface area contributed by atoms with Gasteiger partial charge in [0, 0.05) is 22.9 Å². The Hall–Kier alpha value is -1.36. The van der Waals surface area contributed by atoms with E-state index < -0.39 is 0 Å². The first-order chi connectivity index (χ1) is 9.65. The number of hydrogen-bond acceptors (Lipinski definition) is 3. The quantitative estimate of drug-likeness (QED) is 0.598. The summed E-state index contributed by atoms with van der Waals surface area (Å²) in [5, 5.41) is 0.814. The van der Waals surface area contributed by atoms with E-state index in [2.05, 4.69) is 25.9 Å². The molecule has 0 spiro atoms. The van der Waals surface area contributed by atoms with Crippen molar-refractivity contribution in [2.24, 2.45) is 0 Å². The molecule has 0 aliphatic rings. The van der Waals surface area contributed by atoms with E-state index in [4.69, 9.17) is 27.9 Å². The highest BCUT2D eigenvalue weighted by Crippen LogP contribution is 2.36. The maximum absolute atomic E-state index is 6.12. The predicted molar refractivity (Wildman–Crippen MR) is 83.8 cm³/mol. The van der Waals surface area contributed by atoms with Gasteiger partial charge >= 0.3 is 0 Å². The molecule has 3 nitrogen and oxygen atoms in total. The second kappa shape index (κ2) is 5.56. The molecule has 100 valence electrons. The predicted octanol–water partition coefficient (Wildman–Crippen LogP) is 5.49. The van der Waals surface area contributed by atoms with Gasteiger partial charge in [-0.25, -0.2) is 4.98 Å². The van der Waals surface area contributed by atoms with Crippen LogP contribution >= 0.6 is 39.1 Å². The maximum atomic E-state index is 6.12. The van der Waals surface area contributed by atoms with Gasteiger partial charge in [0.1, 0.15) is 16.3 Å². The lowest BCUT2D eigenvalue weighted by Gasteiger charge is -2.10. The maximum Gasteiger partial charge on any atom is 0.156 e. The molecular formula is C14H7BrCl2N2O. The molecule has 0 amide bonds. The number of pyridine rings is 2. The van der Waals surface area contributed by atoms with E-state index in [9.17, 15) is 0 Å². The van der Waals surface area contributed by atoms with Gasteiger partial charge in [-0.15, -0.1) is 0 Å². The lowest BCUT2D eigenvalue weighted by atomic mass is 10.3. The third kappa shape index (κ3) is 2.59. The largest absolute Gasteiger partial charge is 0.453 e. The summed E-state index contributed by atoms with van der Waals surface area (Å²) in [6, 6.07) is 8.84. The van der Waals surface area contributed by atoms with Gasteiger partial charge in [0.05, 0.1) is 10.5 Å². The van der Waals surface area contributed by atoms with Crippen LogP contribution in [-0.2, 0) is 0 Å². The molecule has 0 radical (unpaired) electrons. The van der Waals surface area contributed by atoms with Gasteiger partial charge in [-0.1, -0.05) is 29.3 Å². The van der Waals surface area contributed by atoms with Crippen molar-refractivity contribution in [3.8, 4) is 11.5 Å². The highest BCUT2D eigenvalue weighted by Gasteiger charge is 2.10. The first kappa shape index (κ1) is 13.6. The van der Waals surface area contributed by atoms with Gasteiger partial charge < -0.3 is 4.74 Å². The van der Waals surface area contributed by atoms with Crippen molar-refractivity contribution in [2.75, 3.05) is 0 Å². The third-order valence-electron chi connectivity index (χ3n) is 2.64. The Labute approximate surface area is 133 Å². The van der Waals surface area contributed by atoms with Crippen molar-refractivity contribution in [1.82, 2.24) is 9.97 Å². The van der Waals surface area contributed by atoms with E-state index in [1.165, 1.54) is 0 Å². The van der Waals surface area contributed by atoms with Crippen molar-refractivity contribution in [3.63, 3.8) is 0 Å². The molecule has 3 aromatic rings. The van der Waals surface area contributed by atoms with Crippen LogP contribution in [0.15, 0.2) is 47.2 Å². The van der Waals surface area contributed by atoms with Crippen molar-refractivity contribution >= 4 is 50.2 Å². The van der Waals surface area contributed by atoms with E-state index in [1.807, 2.05) is 6.07 Å². The Morgan fingerprint density at radius 3 is 2.75 bits per heavy atom. The molecule has 0 fully saturated rings. The fraction of sp³-hybridized carbons (Fsp3) is 0. The van der Waals surface area contributed by atoms with Crippen LogP contribution in [-0.4, -0.2) is 9.97 Å². The summed E-state index contributed by atoms with van der Waals surface area (Å²) < 4.78 is 6.67. The number of ether oxygens (including phenoxy) is 1. The van der Waals surface area contributed by atoms with Crippen molar-refractivity contribution in [1.29, 1.82) is 0 Å². The Morgan fingerprint density at radius 1 is 1.05 bits per heavy atom. The molecule has 6 heteroatoms. The summed E-state index contributed by atoms with van der Waals surface area (Å²) >= 11 is 15.5. The molecule has 0 atom stereocenters. The van der Waals surface area contributed by atoms with Gasteiger partial charge in [-0.05, 0) is 34.1 Å². The fourth-order valence-corrected chi connectivity index (χ4v) is 2.39. The van der Waals surface area contributed by atoms with E-state index in [-0.39, 0.29) is 0 Å². The van der Waals surface area contributed by atoms with Gasteiger partial charge in [-0.2, -0.15) is 0 Å². The Kier molecular flexibility index (Phi) is 3.78. The summed E-state index contributed by atoms with van der Waals surface area (Å²) in [6.45, 7) is 0. The van der Waals surface area contributed by atoms with E-state index in [0.29, 0.717) is 27.1 Å². The zero-order chi connectivity index (χ0) is 14.1.